The number of benzene rings is 2. The summed E-state index contributed by atoms with van der Waals surface area (Å²) in [5.74, 6) is -0.0302. The number of hydrogen-bond donors (Lipinski definition) is 0. The average Bonchev–Trinajstić information content (AvgIpc) is 2.51. The minimum atomic E-state index is -0.433. The van der Waals surface area contributed by atoms with E-state index in [0.29, 0.717) is 35.1 Å². The summed E-state index contributed by atoms with van der Waals surface area (Å²) in [6.07, 6.45) is 0.820. The van der Waals surface area contributed by atoms with Gasteiger partial charge in [-0.1, -0.05) is 29.3 Å². The van der Waals surface area contributed by atoms with E-state index in [-0.39, 0.29) is 11.6 Å². The third-order valence-electron chi connectivity index (χ3n) is 3.82. The molecule has 1 amide bonds. The summed E-state index contributed by atoms with van der Waals surface area (Å²) < 4.78 is 0. The van der Waals surface area contributed by atoms with E-state index in [1.807, 2.05) is 0 Å². The SMILES string of the molecule is O=C1CCc2cc([N+](=O)[O-])ccc2N1Cc1ccc(Cl)cc1Cl. The molecule has 2 aromatic rings. The van der Waals surface area contributed by atoms with E-state index in [9.17, 15) is 14.9 Å². The number of non-ortho nitro benzene ring substituents is 1. The predicted octanol–water partition coefficient (Wildman–Crippen LogP) is 4.38. The van der Waals surface area contributed by atoms with Crippen LogP contribution in [0.4, 0.5) is 11.4 Å². The topological polar surface area (TPSA) is 63.4 Å². The highest BCUT2D eigenvalue weighted by Gasteiger charge is 2.26. The van der Waals surface area contributed by atoms with Crippen molar-refractivity contribution in [2.75, 3.05) is 4.90 Å². The Balaban J connectivity index is 1.97. The molecule has 1 heterocycles. The minimum absolute atomic E-state index is 0.0302. The van der Waals surface area contributed by atoms with Crippen molar-refractivity contribution < 1.29 is 9.72 Å². The van der Waals surface area contributed by atoms with Crippen LogP contribution in [0.2, 0.25) is 10.0 Å². The summed E-state index contributed by atoms with van der Waals surface area (Å²) in [6, 6.07) is 9.68. The molecular formula is C16H12Cl2N2O3. The summed E-state index contributed by atoms with van der Waals surface area (Å²) in [5.41, 5.74) is 2.29. The van der Waals surface area contributed by atoms with Crippen molar-refractivity contribution in [3.8, 4) is 0 Å². The molecule has 0 unspecified atom stereocenters. The number of carbonyl (C=O) groups excluding carboxylic acids is 1. The van der Waals surface area contributed by atoms with Crippen molar-refractivity contribution in [1.82, 2.24) is 0 Å². The summed E-state index contributed by atoms with van der Waals surface area (Å²) >= 11 is 12.1. The van der Waals surface area contributed by atoms with Gasteiger partial charge < -0.3 is 4.90 Å². The van der Waals surface area contributed by atoms with Crippen LogP contribution in [0.3, 0.4) is 0 Å². The molecule has 1 aliphatic heterocycles. The number of nitro benzene ring substituents is 1. The fraction of sp³-hybridized carbons (Fsp3) is 0.188. The third kappa shape index (κ3) is 3.16. The zero-order valence-corrected chi connectivity index (χ0v) is 13.5. The first-order valence-corrected chi connectivity index (χ1v) is 7.73. The number of carbonyl (C=O) groups is 1. The third-order valence-corrected chi connectivity index (χ3v) is 4.40. The Morgan fingerprint density at radius 1 is 1.13 bits per heavy atom. The lowest BCUT2D eigenvalue weighted by Gasteiger charge is -2.29. The van der Waals surface area contributed by atoms with Crippen molar-refractivity contribution in [3.05, 3.63) is 67.7 Å². The van der Waals surface area contributed by atoms with Crippen molar-refractivity contribution in [3.63, 3.8) is 0 Å². The van der Waals surface area contributed by atoms with Crippen molar-refractivity contribution in [2.24, 2.45) is 0 Å². The molecule has 2 aromatic carbocycles. The second-order valence-corrected chi connectivity index (χ2v) is 6.13. The van der Waals surface area contributed by atoms with Crippen LogP contribution in [-0.2, 0) is 17.8 Å². The number of nitrogens with zero attached hydrogens (tertiary/aromatic N) is 2. The molecule has 0 bridgehead atoms. The number of anilines is 1. The molecule has 23 heavy (non-hydrogen) atoms. The summed E-state index contributed by atoms with van der Waals surface area (Å²) in [4.78, 5) is 24.4. The van der Waals surface area contributed by atoms with Crippen molar-refractivity contribution in [2.45, 2.75) is 19.4 Å². The Kier molecular flexibility index (Phi) is 4.24. The van der Waals surface area contributed by atoms with Crippen molar-refractivity contribution in [1.29, 1.82) is 0 Å². The summed E-state index contributed by atoms with van der Waals surface area (Å²) in [5, 5.41) is 11.9. The summed E-state index contributed by atoms with van der Waals surface area (Å²) in [7, 11) is 0. The van der Waals surface area contributed by atoms with Crippen molar-refractivity contribution >= 4 is 40.5 Å². The van der Waals surface area contributed by atoms with E-state index in [1.54, 1.807) is 29.2 Å². The first-order chi connectivity index (χ1) is 11.0. The summed E-state index contributed by atoms with van der Waals surface area (Å²) in [6.45, 7) is 0.305. The molecule has 118 valence electrons. The van der Waals surface area contributed by atoms with E-state index in [1.165, 1.54) is 12.1 Å². The van der Waals surface area contributed by atoms with Gasteiger partial charge in [0, 0.05) is 34.3 Å². The van der Waals surface area contributed by atoms with Gasteiger partial charge in [0.2, 0.25) is 5.91 Å². The quantitative estimate of drug-likeness (QED) is 0.609. The lowest BCUT2D eigenvalue weighted by atomic mass is 9.99. The van der Waals surface area contributed by atoms with E-state index >= 15 is 0 Å². The van der Waals surface area contributed by atoms with Gasteiger partial charge in [-0.3, -0.25) is 14.9 Å². The van der Waals surface area contributed by atoms with Crippen LogP contribution in [0.15, 0.2) is 36.4 Å². The largest absolute Gasteiger partial charge is 0.308 e. The maximum absolute atomic E-state index is 12.3. The Labute approximate surface area is 142 Å². The first kappa shape index (κ1) is 15.8. The Morgan fingerprint density at radius 2 is 1.91 bits per heavy atom. The number of halogens is 2. The second kappa shape index (κ2) is 6.18. The predicted molar refractivity (Wildman–Crippen MR) is 89.1 cm³/mol. The maximum atomic E-state index is 12.3. The molecule has 0 spiro atoms. The Morgan fingerprint density at radius 3 is 2.61 bits per heavy atom. The fourth-order valence-corrected chi connectivity index (χ4v) is 3.12. The second-order valence-electron chi connectivity index (χ2n) is 5.29. The van der Waals surface area contributed by atoms with Crippen LogP contribution in [0.5, 0.6) is 0 Å². The van der Waals surface area contributed by atoms with Gasteiger partial charge >= 0.3 is 0 Å². The zero-order valence-electron chi connectivity index (χ0n) is 12.0. The number of rotatable bonds is 3. The first-order valence-electron chi connectivity index (χ1n) is 6.97. The smallest absolute Gasteiger partial charge is 0.269 e. The molecule has 1 aliphatic rings. The molecule has 0 radical (unpaired) electrons. The van der Waals surface area contributed by atoms with Crippen LogP contribution in [0, 0.1) is 10.1 Å². The van der Waals surface area contributed by atoms with E-state index in [4.69, 9.17) is 23.2 Å². The van der Waals surface area contributed by atoms with E-state index < -0.39 is 4.92 Å². The molecule has 3 rings (SSSR count). The van der Waals surface area contributed by atoms with Crippen LogP contribution >= 0.6 is 23.2 Å². The van der Waals surface area contributed by atoms with Gasteiger partial charge in [-0.2, -0.15) is 0 Å². The van der Waals surface area contributed by atoms with E-state index in [0.717, 1.165) is 11.1 Å². The standard InChI is InChI=1S/C16H12Cl2N2O3/c17-12-3-1-11(14(18)8-12)9-19-15-5-4-13(20(22)23)7-10(15)2-6-16(19)21/h1,3-5,7-8H,2,6,9H2. The van der Waals surface area contributed by atoms with Gasteiger partial charge in [-0.25, -0.2) is 0 Å². The maximum Gasteiger partial charge on any atom is 0.269 e. The molecule has 0 aromatic heterocycles. The van der Waals surface area contributed by atoms with Gasteiger partial charge in [-0.05, 0) is 35.7 Å². The van der Waals surface area contributed by atoms with Gasteiger partial charge in [0.05, 0.1) is 11.5 Å². The minimum Gasteiger partial charge on any atom is -0.308 e. The number of amides is 1. The molecular weight excluding hydrogens is 339 g/mol. The van der Waals surface area contributed by atoms with Crippen LogP contribution in [0.1, 0.15) is 17.5 Å². The Hall–Kier alpha value is -2.11. The van der Waals surface area contributed by atoms with Crippen LogP contribution < -0.4 is 4.90 Å². The monoisotopic (exact) mass is 350 g/mol. The molecule has 0 saturated heterocycles. The molecule has 0 saturated carbocycles. The average molecular weight is 351 g/mol. The lowest BCUT2D eigenvalue weighted by Crippen LogP contribution is -2.34. The van der Waals surface area contributed by atoms with Crippen LogP contribution in [0.25, 0.3) is 0 Å². The molecule has 0 fully saturated rings. The highest BCUT2D eigenvalue weighted by Crippen LogP contribution is 2.33. The van der Waals surface area contributed by atoms with E-state index in [2.05, 4.69) is 0 Å². The Bertz CT molecular complexity index is 808. The van der Waals surface area contributed by atoms with Gasteiger partial charge in [0.25, 0.3) is 5.69 Å². The lowest BCUT2D eigenvalue weighted by molar-refractivity contribution is -0.384. The number of nitro groups is 1. The molecule has 0 N–H and O–H groups in total. The molecule has 0 atom stereocenters. The number of aryl methyl sites for hydroxylation is 1. The van der Waals surface area contributed by atoms with Crippen LogP contribution in [-0.4, -0.2) is 10.8 Å². The fourth-order valence-electron chi connectivity index (χ4n) is 2.65. The highest BCUT2D eigenvalue weighted by molar-refractivity contribution is 6.35. The number of fused-ring (bicyclic) bond motifs is 1. The highest BCUT2D eigenvalue weighted by atomic mass is 35.5. The normalized spacial score (nSPS) is 13.8. The number of hydrogen-bond acceptors (Lipinski definition) is 3. The van der Waals surface area contributed by atoms with Gasteiger partial charge in [0.15, 0.2) is 0 Å². The zero-order chi connectivity index (χ0) is 16.6. The molecule has 0 aliphatic carbocycles. The molecule has 5 nitrogen and oxygen atoms in total. The van der Waals surface area contributed by atoms with Gasteiger partial charge in [-0.15, -0.1) is 0 Å². The molecule has 7 heteroatoms. The van der Waals surface area contributed by atoms with Gasteiger partial charge in [0.1, 0.15) is 0 Å².